The third-order valence-corrected chi connectivity index (χ3v) is 4.95. The van der Waals surface area contributed by atoms with Gasteiger partial charge in [0, 0.05) is 30.6 Å². The van der Waals surface area contributed by atoms with Gasteiger partial charge in [-0.3, -0.25) is 14.3 Å². The monoisotopic (exact) mass is 405 g/mol. The number of hydrogen-bond acceptors (Lipinski definition) is 4. The normalized spacial score (nSPS) is 11.0. The lowest BCUT2D eigenvalue weighted by atomic mass is 10.2. The highest BCUT2D eigenvalue weighted by atomic mass is 16.3. The molecule has 0 spiro atoms. The largest absolute Gasteiger partial charge is 0.463 e. The van der Waals surface area contributed by atoms with Gasteiger partial charge >= 0.3 is 0 Å². The summed E-state index contributed by atoms with van der Waals surface area (Å²) in [5, 5.41) is 9.94. The summed E-state index contributed by atoms with van der Waals surface area (Å²) in [7, 11) is 1.78. The molecule has 0 radical (unpaired) electrons. The molecule has 2 N–H and O–H groups in total. The number of benzene rings is 1. The van der Waals surface area contributed by atoms with Crippen molar-refractivity contribution in [2.24, 2.45) is 7.05 Å². The summed E-state index contributed by atoms with van der Waals surface area (Å²) < 4.78 is 8.96. The average molecular weight is 405 g/mol. The first-order valence-electron chi connectivity index (χ1n) is 9.61. The van der Waals surface area contributed by atoms with Crippen LogP contribution in [-0.2, 0) is 18.4 Å². The Balaban J connectivity index is 1.35. The van der Waals surface area contributed by atoms with E-state index in [2.05, 4.69) is 15.7 Å². The van der Waals surface area contributed by atoms with E-state index in [1.165, 1.54) is 0 Å². The fraction of sp³-hybridized carbons (Fsp3) is 0.227. The minimum atomic E-state index is -0.336. The molecule has 4 rings (SSSR count). The fourth-order valence-electron chi connectivity index (χ4n) is 3.48. The Hall–Kier alpha value is -3.81. The van der Waals surface area contributed by atoms with Crippen molar-refractivity contribution in [1.29, 1.82) is 0 Å². The van der Waals surface area contributed by atoms with E-state index in [1.807, 2.05) is 48.9 Å². The predicted octanol–water partition coefficient (Wildman–Crippen LogP) is 3.00. The van der Waals surface area contributed by atoms with Crippen LogP contribution in [0, 0.1) is 13.8 Å². The van der Waals surface area contributed by atoms with Crippen LogP contribution >= 0.6 is 0 Å². The number of nitrogens with zero attached hydrogens (tertiary/aromatic N) is 3. The van der Waals surface area contributed by atoms with Crippen molar-refractivity contribution in [2.75, 3.05) is 11.9 Å². The molecule has 3 aromatic heterocycles. The number of fused-ring (bicyclic) bond motifs is 1. The third-order valence-electron chi connectivity index (χ3n) is 4.95. The first-order valence-corrected chi connectivity index (χ1v) is 9.61. The zero-order valence-corrected chi connectivity index (χ0v) is 17.1. The van der Waals surface area contributed by atoms with Crippen molar-refractivity contribution in [3.63, 3.8) is 0 Å². The highest BCUT2D eigenvalue weighted by Gasteiger charge is 2.16. The van der Waals surface area contributed by atoms with Gasteiger partial charge in [0.15, 0.2) is 5.58 Å². The number of nitrogens with one attached hydrogen (secondary N) is 2. The van der Waals surface area contributed by atoms with Gasteiger partial charge in [-0.25, -0.2) is 0 Å². The summed E-state index contributed by atoms with van der Waals surface area (Å²) in [6.07, 6.45) is 1.57. The molecule has 3 heterocycles. The van der Waals surface area contributed by atoms with Gasteiger partial charge in [-0.2, -0.15) is 5.10 Å². The molecule has 0 unspecified atom stereocenters. The zero-order valence-electron chi connectivity index (χ0n) is 17.1. The molecule has 0 bridgehead atoms. The average Bonchev–Trinajstić information content (AvgIpc) is 3.37. The topological polar surface area (TPSA) is 94.1 Å². The third kappa shape index (κ3) is 3.98. The molecule has 8 heteroatoms. The Morgan fingerprint density at radius 2 is 1.97 bits per heavy atom. The predicted molar refractivity (Wildman–Crippen MR) is 113 cm³/mol. The van der Waals surface area contributed by atoms with Crippen LogP contribution in [0.4, 0.5) is 5.69 Å². The van der Waals surface area contributed by atoms with Crippen LogP contribution in [0.25, 0.3) is 11.1 Å². The van der Waals surface area contributed by atoms with E-state index in [0.29, 0.717) is 23.5 Å². The van der Waals surface area contributed by atoms with Gasteiger partial charge in [-0.1, -0.05) is 12.1 Å². The first-order chi connectivity index (χ1) is 14.4. The summed E-state index contributed by atoms with van der Waals surface area (Å²) in [5.74, 6) is -0.637. The molecule has 2 amide bonds. The number of furan rings is 1. The summed E-state index contributed by atoms with van der Waals surface area (Å²) in [5.41, 5.74) is 5.63. The van der Waals surface area contributed by atoms with Crippen molar-refractivity contribution >= 4 is 28.6 Å². The lowest BCUT2D eigenvalue weighted by Gasteiger charge is -2.10. The lowest BCUT2D eigenvalue weighted by Crippen LogP contribution is -2.33. The maximum atomic E-state index is 12.4. The molecule has 4 aromatic rings. The SMILES string of the molecule is Cc1cc(C)n(Cc2cccc(NC(=O)CNC(=O)c3cc4occc4n3C)c2)n1. The Kier molecular flexibility index (Phi) is 5.14. The molecular weight excluding hydrogens is 382 g/mol. The van der Waals surface area contributed by atoms with E-state index in [4.69, 9.17) is 4.42 Å². The summed E-state index contributed by atoms with van der Waals surface area (Å²) in [6, 6.07) is 13.1. The van der Waals surface area contributed by atoms with Gasteiger partial charge in [0.05, 0.1) is 30.6 Å². The van der Waals surface area contributed by atoms with Gasteiger partial charge in [0.1, 0.15) is 5.69 Å². The second-order valence-corrected chi connectivity index (χ2v) is 7.27. The maximum Gasteiger partial charge on any atom is 0.268 e. The van der Waals surface area contributed by atoms with Gasteiger partial charge in [0.2, 0.25) is 5.91 Å². The Labute approximate surface area is 173 Å². The number of anilines is 1. The van der Waals surface area contributed by atoms with E-state index in [-0.39, 0.29) is 18.4 Å². The summed E-state index contributed by atoms with van der Waals surface area (Å²) in [6.45, 7) is 4.46. The van der Waals surface area contributed by atoms with E-state index >= 15 is 0 Å². The molecular formula is C22H23N5O3. The molecule has 0 atom stereocenters. The lowest BCUT2D eigenvalue weighted by molar-refractivity contribution is -0.115. The van der Waals surface area contributed by atoms with E-state index in [9.17, 15) is 9.59 Å². The van der Waals surface area contributed by atoms with Crippen molar-refractivity contribution in [1.82, 2.24) is 19.7 Å². The quantitative estimate of drug-likeness (QED) is 0.516. The zero-order chi connectivity index (χ0) is 21.3. The van der Waals surface area contributed by atoms with Crippen LogP contribution < -0.4 is 10.6 Å². The molecule has 154 valence electrons. The van der Waals surface area contributed by atoms with Crippen LogP contribution in [0.1, 0.15) is 27.4 Å². The Bertz CT molecular complexity index is 1230. The Morgan fingerprint density at radius 1 is 1.13 bits per heavy atom. The minimum Gasteiger partial charge on any atom is -0.463 e. The number of aromatic nitrogens is 3. The molecule has 30 heavy (non-hydrogen) atoms. The van der Waals surface area contributed by atoms with Crippen molar-refractivity contribution in [3.05, 3.63) is 71.4 Å². The van der Waals surface area contributed by atoms with Crippen molar-refractivity contribution in [2.45, 2.75) is 20.4 Å². The van der Waals surface area contributed by atoms with Crippen LogP contribution in [0.15, 0.2) is 53.1 Å². The molecule has 1 aromatic carbocycles. The number of carbonyl (C=O) groups is 2. The van der Waals surface area contributed by atoms with Gasteiger partial charge in [0.25, 0.3) is 5.91 Å². The van der Waals surface area contributed by atoms with Crippen LogP contribution in [0.5, 0.6) is 0 Å². The number of hydrogen-bond donors (Lipinski definition) is 2. The number of rotatable bonds is 6. The van der Waals surface area contributed by atoms with E-state index in [1.54, 1.807) is 30.0 Å². The number of carbonyl (C=O) groups excluding carboxylic acids is 2. The van der Waals surface area contributed by atoms with E-state index < -0.39 is 0 Å². The number of amides is 2. The fourth-order valence-corrected chi connectivity index (χ4v) is 3.48. The standard InChI is InChI=1S/C22H23N5O3/c1-14-9-15(2)27(25-14)13-16-5-4-6-17(10-16)24-21(28)12-23-22(29)19-11-20-18(26(19)3)7-8-30-20/h4-11H,12-13H2,1-3H3,(H,23,29)(H,24,28). The molecule has 0 saturated carbocycles. The highest BCUT2D eigenvalue weighted by molar-refractivity contribution is 6.00. The van der Waals surface area contributed by atoms with Gasteiger partial charge in [-0.05, 0) is 37.6 Å². The number of aryl methyl sites for hydroxylation is 3. The van der Waals surface area contributed by atoms with Crippen molar-refractivity contribution < 1.29 is 14.0 Å². The highest BCUT2D eigenvalue weighted by Crippen LogP contribution is 2.19. The molecule has 8 nitrogen and oxygen atoms in total. The minimum absolute atomic E-state index is 0.132. The maximum absolute atomic E-state index is 12.4. The molecule has 0 aliphatic carbocycles. The van der Waals surface area contributed by atoms with Gasteiger partial charge < -0.3 is 19.6 Å². The second-order valence-electron chi connectivity index (χ2n) is 7.27. The summed E-state index contributed by atoms with van der Waals surface area (Å²) >= 11 is 0. The van der Waals surface area contributed by atoms with Crippen LogP contribution in [0.2, 0.25) is 0 Å². The Morgan fingerprint density at radius 3 is 2.70 bits per heavy atom. The van der Waals surface area contributed by atoms with Crippen LogP contribution in [0.3, 0.4) is 0 Å². The molecule has 0 fully saturated rings. The summed E-state index contributed by atoms with van der Waals surface area (Å²) in [4.78, 5) is 24.7. The second kappa shape index (κ2) is 7.90. The van der Waals surface area contributed by atoms with Gasteiger partial charge in [-0.15, -0.1) is 0 Å². The van der Waals surface area contributed by atoms with Crippen molar-refractivity contribution in [3.8, 4) is 0 Å². The molecule has 0 saturated heterocycles. The molecule has 0 aliphatic heterocycles. The smallest absolute Gasteiger partial charge is 0.268 e. The van der Waals surface area contributed by atoms with Crippen LogP contribution in [-0.4, -0.2) is 32.7 Å². The van der Waals surface area contributed by atoms with E-state index in [0.717, 1.165) is 22.5 Å². The first kappa shape index (κ1) is 19.5. The molecule has 0 aliphatic rings.